The summed E-state index contributed by atoms with van der Waals surface area (Å²) in [7, 11) is 0. The molecule has 0 aliphatic rings. The summed E-state index contributed by atoms with van der Waals surface area (Å²) in [5.74, 6) is -1.05. The summed E-state index contributed by atoms with van der Waals surface area (Å²) in [5.41, 5.74) is -3.85. The van der Waals surface area contributed by atoms with Gasteiger partial charge in [-0.05, 0) is 11.6 Å². The van der Waals surface area contributed by atoms with E-state index in [1.807, 2.05) is 0 Å². The molecule has 0 fully saturated rings. The maximum absolute atomic E-state index is 10.6. The number of nitro groups is 2. The predicted molar refractivity (Wildman–Crippen MR) is 79.7 cm³/mol. The Kier molecular flexibility index (Phi) is 6.16. The Balaban J connectivity index is 0.000000240. The quantitative estimate of drug-likeness (QED) is 0.284. The number of aromatic amines is 2. The average molecular weight is 402 g/mol. The van der Waals surface area contributed by atoms with Gasteiger partial charge >= 0.3 is 22.6 Å². The highest BCUT2D eigenvalue weighted by Gasteiger charge is 2.21. The van der Waals surface area contributed by atoms with E-state index in [0.29, 0.717) is 0 Å². The van der Waals surface area contributed by atoms with Crippen molar-refractivity contribution in [3.8, 4) is 5.88 Å². The minimum Gasteiger partial charge on any atom is -0.489 e. The van der Waals surface area contributed by atoms with E-state index in [1.165, 1.54) is 0 Å². The Labute approximate surface area is 144 Å². The van der Waals surface area contributed by atoms with Gasteiger partial charge in [-0.25, -0.2) is 4.79 Å². The number of halogens is 3. The van der Waals surface area contributed by atoms with Crippen LogP contribution >= 0.6 is 34.8 Å². The van der Waals surface area contributed by atoms with Crippen LogP contribution in [0.2, 0.25) is 15.6 Å². The van der Waals surface area contributed by atoms with Crippen molar-refractivity contribution < 1.29 is 15.0 Å². The average Bonchev–Trinajstić information content (AvgIpc) is 2.35. The van der Waals surface area contributed by atoms with Gasteiger partial charge in [-0.1, -0.05) is 23.2 Å². The third-order valence-electron chi connectivity index (χ3n) is 2.04. The van der Waals surface area contributed by atoms with Crippen molar-refractivity contribution in [3.63, 3.8) is 0 Å². The Morgan fingerprint density at radius 2 is 1.38 bits per heavy atom. The lowest BCUT2D eigenvalue weighted by atomic mass is 10.5. The van der Waals surface area contributed by atoms with Gasteiger partial charge in [0.05, 0.1) is 9.85 Å². The van der Waals surface area contributed by atoms with Crippen molar-refractivity contribution in [3.05, 3.63) is 56.7 Å². The largest absolute Gasteiger partial charge is 0.489 e. The molecule has 0 saturated carbocycles. The van der Waals surface area contributed by atoms with E-state index in [4.69, 9.17) is 39.9 Å². The lowest BCUT2D eigenvalue weighted by Gasteiger charge is -1.95. The molecule has 16 heteroatoms. The maximum atomic E-state index is 10.6. The van der Waals surface area contributed by atoms with Gasteiger partial charge in [0.15, 0.2) is 0 Å². The van der Waals surface area contributed by atoms with Crippen LogP contribution in [0.1, 0.15) is 0 Å². The molecule has 0 unspecified atom stereocenters. The molecule has 0 saturated heterocycles. The zero-order valence-electron chi connectivity index (χ0n) is 10.8. The van der Waals surface area contributed by atoms with Crippen LogP contribution in [0, 0.1) is 20.2 Å². The predicted octanol–water partition coefficient (Wildman–Crippen LogP) is 1.02. The van der Waals surface area contributed by atoms with Crippen molar-refractivity contribution in [1.82, 2.24) is 19.9 Å². The molecule has 0 bridgehead atoms. The highest BCUT2D eigenvalue weighted by atomic mass is 35.5. The first-order valence-electron chi connectivity index (χ1n) is 5.27. The molecule has 0 amide bonds. The third-order valence-corrected chi connectivity index (χ3v) is 2.73. The molecule has 0 atom stereocenters. The normalized spacial score (nSPS) is 9.79. The second kappa shape index (κ2) is 7.67. The zero-order valence-corrected chi connectivity index (χ0v) is 13.1. The fourth-order valence-corrected chi connectivity index (χ4v) is 1.95. The summed E-state index contributed by atoms with van der Waals surface area (Å²) in [6.45, 7) is 0. The molecule has 0 aliphatic heterocycles. The molecule has 2 rings (SSSR count). The number of aromatic nitrogens is 4. The first kappa shape index (κ1) is 19.3. The van der Waals surface area contributed by atoms with Crippen LogP contribution in [0.15, 0.2) is 9.59 Å². The number of hydrogen-bond donors (Lipinski definition) is 3. The molecule has 0 radical (unpaired) electrons. The van der Waals surface area contributed by atoms with Crippen molar-refractivity contribution in [2.24, 2.45) is 0 Å². The molecule has 3 N–H and O–H groups in total. The number of nitrogens with zero attached hydrogens (tertiary/aromatic N) is 4. The van der Waals surface area contributed by atoms with Gasteiger partial charge in [0.1, 0.15) is 0 Å². The molecule has 2 heterocycles. The van der Waals surface area contributed by atoms with Crippen molar-refractivity contribution >= 4 is 46.2 Å². The lowest BCUT2D eigenvalue weighted by molar-refractivity contribution is -0.387. The minimum atomic E-state index is -1.23. The van der Waals surface area contributed by atoms with E-state index >= 15 is 0 Å². The van der Waals surface area contributed by atoms with Crippen molar-refractivity contribution in [1.29, 1.82) is 0 Å². The maximum Gasteiger partial charge on any atom is 0.393 e. The molecule has 2 aromatic rings. The van der Waals surface area contributed by atoms with Gasteiger partial charge in [0.2, 0.25) is 15.6 Å². The fourth-order valence-electron chi connectivity index (χ4n) is 1.17. The molecule has 0 aromatic carbocycles. The second-order valence-electron chi connectivity index (χ2n) is 3.54. The van der Waals surface area contributed by atoms with Crippen LogP contribution in [-0.4, -0.2) is 34.9 Å². The van der Waals surface area contributed by atoms with Gasteiger partial charge in [-0.3, -0.25) is 35.0 Å². The van der Waals surface area contributed by atoms with Crippen molar-refractivity contribution in [2.75, 3.05) is 0 Å². The number of hydrogen-bond acceptors (Lipinski definition) is 9. The van der Waals surface area contributed by atoms with Gasteiger partial charge in [0.25, 0.3) is 5.88 Å². The monoisotopic (exact) mass is 400 g/mol. The number of aromatic hydroxyl groups is 1. The van der Waals surface area contributed by atoms with Gasteiger partial charge in [-0.15, -0.1) is 0 Å². The molecule has 2 aromatic heterocycles. The van der Waals surface area contributed by atoms with Crippen LogP contribution in [0.5, 0.6) is 5.88 Å². The van der Waals surface area contributed by atoms with E-state index in [-0.39, 0.29) is 15.6 Å². The van der Waals surface area contributed by atoms with Gasteiger partial charge in [0, 0.05) is 0 Å². The second-order valence-corrected chi connectivity index (χ2v) is 4.60. The summed E-state index contributed by atoms with van der Waals surface area (Å²) >= 11 is 16.0. The van der Waals surface area contributed by atoms with E-state index in [9.17, 15) is 29.8 Å². The number of nitrogens with one attached hydrogen (secondary N) is 2. The van der Waals surface area contributed by atoms with Crippen LogP contribution in [0.4, 0.5) is 11.4 Å². The van der Waals surface area contributed by atoms with E-state index in [2.05, 4.69) is 9.97 Å². The molecule has 0 spiro atoms. The topological polar surface area (TPSA) is 198 Å². The van der Waals surface area contributed by atoms with E-state index in [1.54, 1.807) is 9.97 Å². The molecule has 13 nitrogen and oxygen atoms in total. The van der Waals surface area contributed by atoms with Crippen LogP contribution in [0.3, 0.4) is 0 Å². The Morgan fingerprint density at radius 1 is 0.917 bits per heavy atom. The number of H-pyrrole nitrogens is 2. The van der Waals surface area contributed by atoms with Crippen molar-refractivity contribution in [2.45, 2.75) is 0 Å². The van der Waals surface area contributed by atoms with Gasteiger partial charge < -0.3 is 5.11 Å². The Bertz CT molecular complexity index is 902. The highest BCUT2D eigenvalue weighted by Crippen LogP contribution is 2.29. The minimum absolute atomic E-state index is 0.226. The smallest absolute Gasteiger partial charge is 0.393 e. The SMILES string of the molecule is O=[N+]([O-])c1c(Cl)nc(Cl)nc1Cl.O=c1[nH]c(O)c([N+](=O)[O-])c(=O)[nH]1. The molecule has 128 valence electrons. The molecular weight excluding hydrogens is 398 g/mol. The van der Waals surface area contributed by atoms with Crippen LogP contribution < -0.4 is 11.2 Å². The van der Waals surface area contributed by atoms with E-state index < -0.39 is 38.4 Å². The van der Waals surface area contributed by atoms with Crippen LogP contribution in [-0.2, 0) is 0 Å². The Morgan fingerprint density at radius 3 is 1.75 bits per heavy atom. The summed E-state index contributed by atoms with van der Waals surface area (Å²) in [5, 5.41) is 28.1. The number of rotatable bonds is 2. The third kappa shape index (κ3) is 4.61. The Hall–Kier alpha value is -2.77. The summed E-state index contributed by atoms with van der Waals surface area (Å²) < 4.78 is 0. The molecular formula is C8H3Cl3N6O7. The summed E-state index contributed by atoms with van der Waals surface area (Å²) in [4.78, 5) is 49.4. The molecule has 0 aliphatic carbocycles. The lowest BCUT2D eigenvalue weighted by Crippen LogP contribution is -2.23. The molecule has 24 heavy (non-hydrogen) atoms. The highest BCUT2D eigenvalue weighted by molar-refractivity contribution is 6.38. The fraction of sp³-hybridized carbons (Fsp3) is 0. The standard InChI is InChI=1S/C4Cl3N3O2.C4H3N3O5/c5-2-1(10(11)12)3(6)9-4(7)8-2;8-2-1(7(11)12)3(9)6-4(10)5-2/h;(H3,5,6,8,9,10). The van der Waals surface area contributed by atoms with Crippen LogP contribution in [0.25, 0.3) is 0 Å². The first-order valence-corrected chi connectivity index (χ1v) is 6.40. The summed E-state index contributed by atoms with van der Waals surface area (Å²) in [6.07, 6.45) is 0. The zero-order chi connectivity index (χ0) is 18.6. The summed E-state index contributed by atoms with van der Waals surface area (Å²) in [6, 6.07) is 0. The first-order chi connectivity index (χ1) is 11.0. The van der Waals surface area contributed by atoms with E-state index in [0.717, 1.165) is 0 Å². The van der Waals surface area contributed by atoms with Gasteiger partial charge in [-0.2, -0.15) is 9.97 Å².